The number of fused-ring (bicyclic) bond motifs is 2. The summed E-state index contributed by atoms with van der Waals surface area (Å²) in [6.07, 6.45) is 6.96. The first kappa shape index (κ1) is 14.0. The number of nitrogens with zero attached hydrogens (tertiary/aromatic N) is 3. The van der Waals surface area contributed by atoms with Gasteiger partial charge in [0.1, 0.15) is 5.82 Å². The first-order valence-electron chi connectivity index (χ1n) is 7.44. The molecule has 2 N–H and O–H groups in total. The average Bonchev–Trinajstić information content (AvgIpc) is 3.05. The van der Waals surface area contributed by atoms with Crippen molar-refractivity contribution in [3.63, 3.8) is 0 Å². The third-order valence-electron chi connectivity index (χ3n) is 4.82. The van der Waals surface area contributed by atoms with E-state index in [0.29, 0.717) is 12.5 Å². The second-order valence-electron chi connectivity index (χ2n) is 6.23. The van der Waals surface area contributed by atoms with E-state index in [1.807, 2.05) is 6.92 Å². The first-order chi connectivity index (χ1) is 9.49. The summed E-state index contributed by atoms with van der Waals surface area (Å²) in [5.74, 6) is 3.10. The highest BCUT2D eigenvalue weighted by molar-refractivity contribution is 7.89. The number of hydrogen-bond donors (Lipinski definition) is 1. The lowest BCUT2D eigenvalue weighted by molar-refractivity contribution is 0.322. The minimum absolute atomic E-state index is 0.0856. The summed E-state index contributed by atoms with van der Waals surface area (Å²) in [5, 5.41) is 13.0. The molecule has 1 aromatic heterocycles. The van der Waals surface area contributed by atoms with E-state index in [0.717, 1.165) is 30.5 Å². The van der Waals surface area contributed by atoms with Gasteiger partial charge in [0.15, 0.2) is 0 Å². The monoisotopic (exact) mass is 298 g/mol. The van der Waals surface area contributed by atoms with Gasteiger partial charge in [-0.05, 0) is 43.4 Å². The van der Waals surface area contributed by atoms with Crippen molar-refractivity contribution in [1.29, 1.82) is 0 Å². The van der Waals surface area contributed by atoms with E-state index in [1.54, 1.807) is 4.57 Å². The fourth-order valence-corrected chi connectivity index (χ4v) is 4.65. The maximum atomic E-state index is 11.6. The minimum Gasteiger partial charge on any atom is -0.301 e. The Morgan fingerprint density at radius 1 is 1.30 bits per heavy atom. The first-order valence-corrected chi connectivity index (χ1v) is 8.98. The molecule has 7 heteroatoms. The zero-order valence-corrected chi connectivity index (χ0v) is 12.6. The lowest BCUT2D eigenvalue weighted by Crippen LogP contribution is -2.21. The van der Waals surface area contributed by atoms with Gasteiger partial charge in [-0.25, -0.2) is 13.6 Å². The van der Waals surface area contributed by atoms with Crippen LogP contribution in [0.1, 0.15) is 44.9 Å². The Bertz CT molecular complexity index is 596. The topological polar surface area (TPSA) is 90.9 Å². The molecule has 0 radical (unpaired) electrons. The van der Waals surface area contributed by atoms with Gasteiger partial charge in [-0.1, -0.05) is 13.3 Å². The molecule has 1 heterocycles. The van der Waals surface area contributed by atoms with Gasteiger partial charge in [0, 0.05) is 13.0 Å². The van der Waals surface area contributed by atoms with Crippen LogP contribution in [0.3, 0.4) is 0 Å². The summed E-state index contributed by atoms with van der Waals surface area (Å²) in [6.45, 7) is 2.61. The van der Waals surface area contributed by atoms with E-state index < -0.39 is 10.0 Å². The predicted octanol–water partition coefficient (Wildman–Crippen LogP) is 1.31. The summed E-state index contributed by atoms with van der Waals surface area (Å²) < 4.78 is 24.8. The largest absolute Gasteiger partial charge is 0.301 e. The predicted molar refractivity (Wildman–Crippen MR) is 74.3 cm³/mol. The standard InChI is InChI=1S/C13H22N4O2S/c1-2-5-17-12(15-16-13(17)20(14,18)19)8-11-7-9-3-4-10(11)6-9/h9-11H,2-8H2,1H3,(H2,14,18,19). The molecule has 0 aromatic carbocycles. The maximum absolute atomic E-state index is 11.6. The molecular formula is C13H22N4O2S. The van der Waals surface area contributed by atoms with Crippen LogP contribution in [0.5, 0.6) is 0 Å². The Balaban J connectivity index is 1.84. The number of sulfonamides is 1. The van der Waals surface area contributed by atoms with Gasteiger partial charge in [0.2, 0.25) is 0 Å². The summed E-state index contributed by atoms with van der Waals surface area (Å²) in [4.78, 5) is 0. The van der Waals surface area contributed by atoms with Gasteiger partial charge in [0.05, 0.1) is 0 Å². The molecule has 2 aliphatic rings. The van der Waals surface area contributed by atoms with Crippen molar-refractivity contribution in [2.24, 2.45) is 22.9 Å². The number of aromatic nitrogens is 3. The van der Waals surface area contributed by atoms with Crippen molar-refractivity contribution in [1.82, 2.24) is 14.8 Å². The maximum Gasteiger partial charge on any atom is 0.273 e. The van der Waals surface area contributed by atoms with Crippen molar-refractivity contribution in [2.45, 2.75) is 57.1 Å². The molecule has 2 fully saturated rings. The van der Waals surface area contributed by atoms with Gasteiger partial charge in [0.25, 0.3) is 15.2 Å². The smallest absolute Gasteiger partial charge is 0.273 e. The molecule has 3 atom stereocenters. The summed E-state index contributed by atoms with van der Waals surface area (Å²) >= 11 is 0. The van der Waals surface area contributed by atoms with E-state index >= 15 is 0 Å². The van der Waals surface area contributed by atoms with E-state index in [2.05, 4.69) is 10.2 Å². The third kappa shape index (κ3) is 2.48. The Hall–Kier alpha value is -0.950. The molecule has 2 saturated carbocycles. The summed E-state index contributed by atoms with van der Waals surface area (Å²) in [7, 11) is -3.79. The van der Waals surface area contributed by atoms with Crippen molar-refractivity contribution in [3.05, 3.63) is 5.82 Å². The van der Waals surface area contributed by atoms with E-state index in [4.69, 9.17) is 5.14 Å². The van der Waals surface area contributed by atoms with Crippen molar-refractivity contribution in [3.8, 4) is 0 Å². The molecule has 0 spiro atoms. The van der Waals surface area contributed by atoms with Crippen LogP contribution in [-0.2, 0) is 23.0 Å². The normalized spacial score (nSPS) is 29.2. The summed E-state index contributed by atoms with van der Waals surface area (Å²) in [6, 6.07) is 0. The Morgan fingerprint density at radius 3 is 2.65 bits per heavy atom. The lowest BCUT2D eigenvalue weighted by atomic mass is 9.86. The van der Waals surface area contributed by atoms with Crippen LogP contribution < -0.4 is 5.14 Å². The van der Waals surface area contributed by atoms with Crippen LogP contribution in [0.15, 0.2) is 5.16 Å². The average molecular weight is 298 g/mol. The third-order valence-corrected chi connectivity index (χ3v) is 5.64. The zero-order valence-electron chi connectivity index (χ0n) is 11.8. The van der Waals surface area contributed by atoms with Gasteiger partial charge in [-0.2, -0.15) is 0 Å². The minimum atomic E-state index is -3.79. The van der Waals surface area contributed by atoms with Gasteiger partial charge < -0.3 is 4.57 Å². The molecule has 20 heavy (non-hydrogen) atoms. The SMILES string of the molecule is CCCn1c(CC2CC3CCC2C3)nnc1S(N)(=O)=O. The molecule has 2 bridgehead atoms. The molecule has 0 saturated heterocycles. The molecule has 6 nitrogen and oxygen atoms in total. The zero-order chi connectivity index (χ0) is 14.3. The van der Waals surface area contributed by atoms with Crippen molar-refractivity contribution < 1.29 is 8.42 Å². The highest BCUT2D eigenvalue weighted by Crippen LogP contribution is 2.49. The van der Waals surface area contributed by atoms with Gasteiger partial charge in [-0.3, -0.25) is 0 Å². The van der Waals surface area contributed by atoms with E-state index in [9.17, 15) is 8.42 Å². The van der Waals surface area contributed by atoms with Crippen LogP contribution in [-0.4, -0.2) is 23.2 Å². The lowest BCUT2D eigenvalue weighted by Gasteiger charge is -2.21. The van der Waals surface area contributed by atoms with E-state index in [-0.39, 0.29) is 5.16 Å². The molecule has 2 aliphatic carbocycles. The Labute approximate surface area is 119 Å². The Morgan fingerprint density at radius 2 is 2.10 bits per heavy atom. The van der Waals surface area contributed by atoms with Crippen LogP contribution in [0.2, 0.25) is 0 Å². The molecule has 3 unspecified atom stereocenters. The van der Waals surface area contributed by atoms with Crippen LogP contribution in [0.25, 0.3) is 0 Å². The van der Waals surface area contributed by atoms with E-state index in [1.165, 1.54) is 25.7 Å². The molecule has 0 aliphatic heterocycles. The molecule has 0 amide bonds. The van der Waals surface area contributed by atoms with Crippen molar-refractivity contribution >= 4 is 10.0 Å². The number of nitrogens with two attached hydrogens (primary N) is 1. The van der Waals surface area contributed by atoms with Crippen LogP contribution in [0.4, 0.5) is 0 Å². The van der Waals surface area contributed by atoms with Gasteiger partial charge in [-0.15, -0.1) is 10.2 Å². The Kier molecular flexibility index (Phi) is 3.58. The van der Waals surface area contributed by atoms with Crippen molar-refractivity contribution in [2.75, 3.05) is 0 Å². The van der Waals surface area contributed by atoms with Crippen LogP contribution in [0, 0.1) is 17.8 Å². The highest BCUT2D eigenvalue weighted by Gasteiger charge is 2.40. The molecule has 112 valence electrons. The summed E-state index contributed by atoms with van der Waals surface area (Å²) in [5.41, 5.74) is 0. The number of rotatable bonds is 5. The van der Waals surface area contributed by atoms with Gasteiger partial charge >= 0.3 is 0 Å². The fourth-order valence-electron chi connectivity index (χ4n) is 3.99. The second kappa shape index (κ2) is 5.11. The second-order valence-corrected chi connectivity index (χ2v) is 7.69. The number of primary sulfonamides is 1. The highest BCUT2D eigenvalue weighted by atomic mass is 32.2. The molecule has 1 aromatic rings. The molecular weight excluding hydrogens is 276 g/mol. The molecule has 3 rings (SSSR count). The van der Waals surface area contributed by atoms with Crippen LogP contribution >= 0.6 is 0 Å². The quantitative estimate of drug-likeness (QED) is 0.887. The fraction of sp³-hybridized carbons (Fsp3) is 0.846. The number of hydrogen-bond acceptors (Lipinski definition) is 4.